The maximum atomic E-state index is 11.6. The van der Waals surface area contributed by atoms with Crippen molar-refractivity contribution in [2.45, 2.75) is 13.3 Å². The van der Waals surface area contributed by atoms with E-state index in [-0.39, 0.29) is 5.91 Å². The standard InChI is InChI=1S/C13H12ClNO/c1-2-10-11-6-4-3-5-9(11)7-8-12(10)13(16)15-14/h3-8H,2H2,1H3,(H,15,16). The second-order valence-corrected chi connectivity index (χ2v) is 3.78. The highest BCUT2D eigenvalue weighted by molar-refractivity contribution is 6.24. The highest BCUT2D eigenvalue weighted by Gasteiger charge is 2.11. The maximum absolute atomic E-state index is 11.6. The van der Waals surface area contributed by atoms with Crippen molar-refractivity contribution >= 4 is 28.5 Å². The zero-order valence-electron chi connectivity index (χ0n) is 8.96. The van der Waals surface area contributed by atoms with E-state index in [0.29, 0.717) is 5.56 Å². The number of halogens is 1. The summed E-state index contributed by atoms with van der Waals surface area (Å²) in [5.41, 5.74) is 1.69. The van der Waals surface area contributed by atoms with Crippen LogP contribution >= 0.6 is 11.8 Å². The lowest BCUT2D eigenvalue weighted by atomic mass is 9.97. The maximum Gasteiger partial charge on any atom is 0.265 e. The van der Waals surface area contributed by atoms with Crippen molar-refractivity contribution in [3.63, 3.8) is 0 Å². The van der Waals surface area contributed by atoms with E-state index in [1.807, 2.05) is 43.3 Å². The summed E-state index contributed by atoms with van der Waals surface area (Å²) in [5, 5.41) is 2.26. The summed E-state index contributed by atoms with van der Waals surface area (Å²) in [6.07, 6.45) is 0.807. The number of carbonyl (C=O) groups is 1. The molecular weight excluding hydrogens is 222 g/mol. The zero-order chi connectivity index (χ0) is 11.5. The van der Waals surface area contributed by atoms with Crippen molar-refractivity contribution in [2.24, 2.45) is 0 Å². The fourth-order valence-corrected chi connectivity index (χ4v) is 2.08. The van der Waals surface area contributed by atoms with Crippen LogP contribution in [0.15, 0.2) is 36.4 Å². The summed E-state index contributed by atoms with van der Waals surface area (Å²) in [6.45, 7) is 2.03. The number of carbonyl (C=O) groups excluding carboxylic acids is 1. The lowest BCUT2D eigenvalue weighted by molar-refractivity contribution is 0.0981. The molecule has 0 saturated carbocycles. The molecule has 1 amide bonds. The molecule has 0 saturated heterocycles. The zero-order valence-corrected chi connectivity index (χ0v) is 9.71. The molecule has 0 aromatic heterocycles. The molecule has 0 heterocycles. The van der Waals surface area contributed by atoms with Gasteiger partial charge in [-0.1, -0.05) is 37.3 Å². The second kappa shape index (κ2) is 4.54. The van der Waals surface area contributed by atoms with Gasteiger partial charge < -0.3 is 0 Å². The fourth-order valence-electron chi connectivity index (χ4n) is 1.98. The van der Waals surface area contributed by atoms with Crippen LogP contribution in [0.5, 0.6) is 0 Å². The summed E-state index contributed by atoms with van der Waals surface area (Å²) in [7, 11) is 0. The molecule has 0 aliphatic rings. The second-order valence-electron chi connectivity index (χ2n) is 3.59. The van der Waals surface area contributed by atoms with E-state index in [9.17, 15) is 4.79 Å². The molecular formula is C13H12ClNO. The van der Waals surface area contributed by atoms with Crippen LogP contribution < -0.4 is 4.84 Å². The van der Waals surface area contributed by atoms with Gasteiger partial charge in [-0.2, -0.15) is 0 Å². The van der Waals surface area contributed by atoms with Gasteiger partial charge in [0.25, 0.3) is 5.91 Å². The van der Waals surface area contributed by atoms with E-state index >= 15 is 0 Å². The lowest BCUT2D eigenvalue weighted by Gasteiger charge is -2.09. The Balaban J connectivity index is 2.72. The molecule has 3 heteroatoms. The molecule has 2 nitrogen and oxygen atoms in total. The predicted octanol–water partition coefficient (Wildman–Crippen LogP) is 3.29. The first kappa shape index (κ1) is 11.0. The molecule has 0 fully saturated rings. The van der Waals surface area contributed by atoms with Gasteiger partial charge in [-0.25, -0.2) is 0 Å². The van der Waals surface area contributed by atoms with Gasteiger partial charge in [-0.05, 0) is 28.8 Å². The Bertz CT molecular complexity index is 536. The van der Waals surface area contributed by atoms with Gasteiger partial charge in [0, 0.05) is 17.3 Å². The molecule has 0 radical (unpaired) electrons. The van der Waals surface area contributed by atoms with Crippen molar-refractivity contribution in [3.8, 4) is 0 Å². The molecule has 0 unspecified atom stereocenters. The number of rotatable bonds is 2. The smallest absolute Gasteiger partial charge is 0.265 e. The quantitative estimate of drug-likeness (QED) is 0.793. The minimum absolute atomic E-state index is 0.246. The summed E-state index contributed by atoms with van der Waals surface area (Å²) in [4.78, 5) is 13.7. The van der Waals surface area contributed by atoms with Crippen molar-refractivity contribution < 1.29 is 4.79 Å². The highest BCUT2D eigenvalue weighted by Crippen LogP contribution is 2.23. The first-order valence-corrected chi connectivity index (χ1v) is 5.57. The minimum Gasteiger partial charge on any atom is -0.268 e. The monoisotopic (exact) mass is 233 g/mol. The number of hydrogen-bond donors (Lipinski definition) is 1. The highest BCUT2D eigenvalue weighted by atomic mass is 35.5. The van der Waals surface area contributed by atoms with Crippen LogP contribution in [0.4, 0.5) is 0 Å². The number of fused-ring (bicyclic) bond motifs is 1. The third kappa shape index (κ3) is 1.76. The Labute approximate surface area is 99.3 Å². The summed E-state index contributed by atoms with van der Waals surface area (Å²) < 4.78 is 0. The van der Waals surface area contributed by atoms with Gasteiger partial charge in [0.15, 0.2) is 0 Å². The number of aryl methyl sites for hydroxylation is 1. The lowest BCUT2D eigenvalue weighted by Crippen LogP contribution is -2.14. The van der Waals surface area contributed by atoms with Gasteiger partial charge in [-0.3, -0.25) is 9.63 Å². The Morgan fingerprint density at radius 3 is 2.69 bits per heavy atom. The van der Waals surface area contributed by atoms with E-state index in [1.54, 1.807) is 0 Å². The number of benzene rings is 2. The average molecular weight is 234 g/mol. The van der Waals surface area contributed by atoms with Gasteiger partial charge >= 0.3 is 0 Å². The van der Waals surface area contributed by atoms with Crippen LogP contribution in [0.1, 0.15) is 22.8 Å². The van der Waals surface area contributed by atoms with Crippen LogP contribution in [0, 0.1) is 0 Å². The first-order chi connectivity index (χ1) is 7.77. The van der Waals surface area contributed by atoms with Crippen molar-refractivity contribution in [1.82, 2.24) is 4.84 Å². The molecule has 16 heavy (non-hydrogen) atoms. The Kier molecular flexibility index (Phi) is 3.11. The Morgan fingerprint density at radius 1 is 1.25 bits per heavy atom. The van der Waals surface area contributed by atoms with E-state index < -0.39 is 0 Å². The molecule has 2 rings (SSSR count). The van der Waals surface area contributed by atoms with E-state index in [0.717, 1.165) is 22.8 Å². The minimum atomic E-state index is -0.246. The topological polar surface area (TPSA) is 29.1 Å². The fraction of sp³-hybridized carbons (Fsp3) is 0.154. The molecule has 0 spiro atoms. The van der Waals surface area contributed by atoms with Crippen molar-refractivity contribution in [1.29, 1.82) is 0 Å². The molecule has 0 atom stereocenters. The van der Waals surface area contributed by atoms with E-state index in [2.05, 4.69) is 4.84 Å². The number of nitrogens with one attached hydrogen (secondary N) is 1. The van der Waals surface area contributed by atoms with Crippen LogP contribution in [-0.2, 0) is 6.42 Å². The van der Waals surface area contributed by atoms with Crippen LogP contribution in [0.3, 0.4) is 0 Å². The van der Waals surface area contributed by atoms with Crippen molar-refractivity contribution in [2.75, 3.05) is 0 Å². The first-order valence-electron chi connectivity index (χ1n) is 5.19. The number of amides is 1. The Morgan fingerprint density at radius 2 is 2.00 bits per heavy atom. The van der Waals surface area contributed by atoms with Crippen LogP contribution in [0.25, 0.3) is 10.8 Å². The predicted molar refractivity (Wildman–Crippen MR) is 66.6 cm³/mol. The van der Waals surface area contributed by atoms with Crippen LogP contribution in [-0.4, -0.2) is 5.91 Å². The van der Waals surface area contributed by atoms with Crippen molar-refractivity contribution in [3.05, 3.63) is 47.5 Å². The third-order valence-corrected chi connectivity index (χ3v) is 2.90. The molecule has 1 N–H and O–H groups in total. The molecule has 0 aliphatic carbocycles. The summed E-state index contributed by atoms with van der Waals surface area (Å²) in [5.74, 6) is -0.246. The normalized spacial score (nSPS) is 10.4. The Hall–Kier alpha value is -1.54. The van der Waals surface area contributed by atoms with Gasteiger partial charge in [0.2, 0.25) is 0 Å². The van der Waals surface area contributed by atoms with Gasteiger partial charge in [0.05, 0.1) is 0 Å². The summed E-state index contributed by atoms with van der Waals surface area (Å²) in [6, 6.07) is 11.8. The van der Waals surface area contributed by atoms with Gasteiger partial charge in [-0.15, -0.1) is 0 Å². The van der Waals surface area contributed by atoms with E-state index in [4.69, 9.17) is 11.8 Å². The summed E-state index contributed by atoms with van der Waals surface area (Å²) >= 11 is 5.37. The van der Waals surface area contributed by atoms with E-state index in [1.165, 1.54) is 0 Å². The number of hydrogen-bond acceptors (Lipinski definition) is 1. The molecule has 2 aromatic carbocycles. The molecule has 0 aliphatic heterocycles. The molecule has 82 valence electrons. The van der Waals surface area contributed by atoms with Gasteiger partial charge in [0.1, 0.15) is 0 Å². The average Bonchev–Trinajstić information content (AvgIpc) is 2.36. The SMILES string of the molecule is CCc1c(C(=O)NCl)ccc2ccccc12. The van der Waals surface area contributed by atoms with Crippen LogP contribution in [0.2, 0.25) is 0 Å². The molecule has 2 aromatic rings. The molecule has 0 bridgehead atoms. The largest absolute Gasteiger partial charge is 0.268 e. The third-order valence-electron chi connectivity index (χ3n) is 2.72.